The zero-order chi connectivity index (χ0) is 26.2. The molecule has 0 radical (unpaired) electrons. The molecule has 0 aliphatic heterocycles. The normalized spacial score (nSPS) is 15.9. The molecule has 0 aliphatic carbocycles. The van der Waals surface area contributed by atoms with E-state index in [4.69, 9.17) is 5.21 Å². The third-order valence-electron chi connectivity index (χ3n) is 5.88. The molecule has 0 aliphatic rings. The van der Waals surface area contributed by atoms with Crippen molar-refractivity contribution in [3.8, 4) is 0 Å². The lowest BCUT2D eigenvalue weighted by Crippen LogP contribution is -2.58. The molecule has 0 spiro atoms. The molecule has 3 amide bonds. The molecule has 4 N–H and O–H groups in total. The Bertz CT molecular complexity index is 859. The zero-order valence-electron chi connectivity index (χ0n) is 22.0. The number of hydrogen-bond acceptors (Lipinski definition) is 5. The summed E-state index contributed by atoms with van der Waals surface area (Å²) in [6.07, 6.45) is 1.61. The van der Waals surface area contributed by atoms with Crippen molar-refractivity contribution in [1.29, 1.82) is 0 Å². The van der Waals surface area contributed by atoms with Crippen LogP contribution in [0.4, 0.5) is 0 Å². The van der Waals surface area contributed by atoms with Crippen LogP contribution in [0.1, 0.15) is 59.9 Å². The topological polar surface area (TPSA) is 111 Å². The summed E-state index contributed by atoms with van der Waals surface area (Å²) in [6.45, 7) is 13.1. The van der Waals surface area contributed by atoms with E-state index in [9.17, 15) is 14.4 Å². The molecule has 8 nitrogen and oxygen atoms in total. The molecule has 34 heavy (non-hydrogen) atoms. The minimum Gasteiger partial charge on any atom is -0.342 e. The maximum absolute atomic E-state index is 13.5. The maximum Gasteiger partial charge on any atom is 0.250 e. The third kappa shape index (κ3) is 8.25. The predicted molar refractivity (Wildman–Crippen MR) is 134 cm³/mol. The molecule has 1 aromatic rings. The minimum absolute atomic E-state index is 0.0816. The van der Waals surface area contributed by atoms with E-state index in [0.29, 0.717) is 5.70 Å². The minimum atomic E-state index is -0.811. The van der Waals surface area contributed by atoms with E-state index in [2.05, 4.69) is 10.6 Å². The number of hydroxylamine groups is 1. The summed E-state index contributed by atoms with van der Waals surface area (Å²) >= 11 is 0. The number of likely N-dealkylation sites (N-methyl/N-ethyl adjacent to an activating group) is 1. The van der Waals surface area contributed by atoms with Crippen LogP contribution in [0.25, 0.3) is 0 Å². The highest BCUT2D eigenvalue weighted by Gasteiger charge is 2.37. The molecule has 0 heterocycles. The van der Waals surface area contributed by atoms with Gasteiger partial charge in [0.2, 0.25) is 17.7 Å². The summed E-state index contributed by atoms with van der Waals surface area (Å²) in [4.78, 5) is 40.4. The average Bonchev–Trinajstić information content (AvgIpc) is 2.75. The molecule has 4 unspecified atom stereocenters. The van der Waals surface area contributed by atoms with E-state index in [0.717, 1.165) is 5.56 Å². The second-order valence-electron chi connectivity index (χ2n) is 10.4. The number of carbonyl (C=O) groups excluding carboxylic acids is 3. The van der Waals surface area contributed by atoms with Gasteiger partial charge in [-0.15, -0.1) is 0 Å². The molecule has 8 heteroatoms. The average molecular weight is 475 g/mol. The number of allylic oxidation sites excluding steroid dienone is 1. The molecule has 190 valence electrons. The van der Waals surface area contributed by atoms with Gasteiger partial charge in [-0.2, -0.15) is 0 Å². The zero-order valence-corrected chi connectivity index (χ0v) is 22.0. The molecule has 4 atom stereocenters. The summed E-state index contributed by atoms with van der Waals surface area (Å²) in [6, 6.07) is 8.52. The lowest BCUT2D eigenvalue weighted by Gasteiger charge is -2.35. The fourth-order valence-electron chi connectivity index (χ4n) is 3.79. The van der Waals surface area contributed by atoms with Gasteiger partial charge in [-0.3, -0.25) is 24.5 Å². The molecule has 0 bridgehead atoms. The lowest BCUT2D eigenvalue weighted by atomic mass is 9.84. The highest BCUT2D eigenvalue weighted by Crippen LogP contribution is 2.25. The molecular formula is C26H42N4O4. The molecule has 1 aromatic carbocycles. The molecule has 0 saturated heterocycles. The third-order valence-corrected chi connectivity index (χ3v) is 5.88. The first-order valence-electron chi connectivity index (χ1n) is 11.7. The number of nitrogens with one attached hydrogen (secondary N) is 3. The highest BCUT2D eigenvalue weighted by molar-refractivity contribution is 5.91. The lowest BCUT2D eigenvalue weighted by molar-refractivity contribution is -0.134. The Hall–Kier alpha value is -2.71. The summed E-state index contributed by atoms with van der Waals surface area (Å²) in [5, 5.41) is 14.8. The van der Waals surface area contributed by atoms with Crippen LogP contribution in [0, 0.1) is 17.3 Å². The van der Waals surface area contributed by atoms with Gasteiger partial charge in [-0.05, 0) is 37.9 Å². The van der Waals surface area contributed by atoms with E-state index >= 15 is 0 Å². The van der Waals surface area contributed by atoms with E-state index in [1.165, 1.54) is 0 Å². The van der Waals surface area contributed by atoms with Gasteiger partial charge in [0.1, 0.15) is 6.04 Å². The standard InChI is InChI=1S/C26H42N4O4/c1-16(2)20(15-17(3)23(31)29-34)27-25(33)22(26(5,6)7)28-24(32)21(30(8)9)18(4)19-13-11-10-12-14-19/h10-18,21-22,34H,1-9H3,(H,27,33)(H,28,32)(H,29,31)/b20-15+. The smallest absolute Gasteiger partial charge is 0.250 e. The highest BCUT2D eigenvalue weighted by atomic mass is 16.5. The number of nitrogens with zero attached hydrogens (tertiary/aromatic N) is 1. The van der Waals surface area contributed by atoms with Gasteiger partial charge in [-0.25, -0.2) is 5.48 Å². The van der Waals surface area contributed by atoms with Crippen molar-refractivity contribution >= 4 is 17.7 Å². The van der Waals surface area contributed by atoms with Gasteiger partial charge in [0.15, 0.2) is 0 Å². The Morgan fingerprint density at radius 3 is 1.94 bits per heavy atom. The summed E-state index contributed by atoms with van der Waals surface area (Å²) in [5.74, 6) is -1.99. The fraction of sp³-hybridized carbons (Fsp3) is 0.577. The first-order valence-corrected chi connectivity index (χ1v) is 11.7. The fourth-order valence-corrected chi connectivity index (χ4v) is 3.79. The molecule has 0 aromatic heterocycles. The Morgan fingerprint density at radius 1 is 0.941 bits per heavy atom. The van der Waals surface area contributed by atoms with Crippen LogP contribution in [0.3, 0.4) is 0 Å². The Morgan fingerprint density at radius 2 is 1.50 bits per heavy atom. The van der Waals surface area contributed by atoms with Crippen LogP contribution in [0.15, 0.2) is 42.1 Å². The van der Waals surface area contributed by atoms with Crippen LogP contribution >= 0.6 is 0 Å². The van der Waals surface area contributed by atoms with Crippen molar-refractivity contribution in [2.24, 2.45) is 17.3 Å². The number of rotatable bonds is 10. The Balaban J connectivity index is 3.18. The summed E-state index contributed by atoms with van der Waals surface area (Å²) in [7, 11) is 3.70. The van der Waals surface area contributed by atoms with Gasteiger partial charge in [0.25, 0.3) is 0 Å². The van der Waals surface area contributed by atoms with Crippen LogP contribution in [-0.4, -0.2) is 54.0 Å². The first kappa shape index (κ1) is 29.3. The SMILES string of the molecule is CC(/C=C(/NC(=O)C(NC(=O)C(C(C)c1ccccc1)N(C)C)C(C)(C)C)C(C)C)C(=O)NO. The largest absolute Gasteiger partial charge is 0.342 e. The Kier molecular flexibility index (Phi) is 10.9. The van der Waals surface area contributed by atoms with Crippen molar-refractivity contribution in [1.82, 2.24) is 21.0 Å². The van der Waals surface area contributed by atoms with Crippen LogP contribution in [0.2, 0.25) is 0 Å². The van der Waals surface area contributed by atoms with Crippen molar-refractivity contribution in [2.75, 3.05) is 14.1 Å². The van der Waals surface area contributed by atoms with E-state index in [1.54, 1.807) is 18.5 Å². The number of amides is 3. The predicted octanol–water partition coefficient (Wildman–Crippen LogP) is 3.05. The van der Waals surface area contributed by atoms with Crippen molar-refractivity contribution in [3.63, 3.8) is 0 Å². The number of hydrogen-bond donors (Lipinski definition) is 4. The second kappa shape index (κ2) is 12.7. The van der Waals surface area contributed by atoms with Gasteiger partial charge in [-0.1, -0.05) is 78.0 Å². The van der Waals surface area contributed by atoms with E-state index < -0.39 is 29.3 Å². The van der Waals surface area contributed by atoms with Gasteiger partial charge in [0.05, 0.1) is 12.0 Å². The van der Waals surface area contributed by atoms with E-state index in [1.807, 2.05) is 90.9 Å². The monoisotopic (exact) mass is 474 g/mol. The molecule has 0 saturated carbocycles. The van der Waals surface area contributed by atoms with Crippen molar-refractivity contribution < 1.29 is 19.6 Å². The van der Waals surface area contributed by atoms with Crippen molar-refractivity contribution in [2.45, 2.75) is 66.5 Å². The van der Waals surface area contributed by atoms with Gasteiger partial charge >= 0.3 is 0 Å². The van der Waals surface area contributed by atoms with Crippen LogP contribution in [0.5, 0.6) is 0 Å². The summed E-state index contributed by atoms with van der Waals surface area (Å²) < 4.78 is 0. The second-order valence-corrected chi connectivity index (χ2v) is 10.4. The van der Waals surface area contributed by atoms with Crippen LogP contribution in [-0.2, 0) is 14.4 Å². The summed E-state index contributed by atoms with van der Waals surface area (Å²) in [5.41, 5.74) is 2.64. The molecule has 0 fully saturated rings. The van der Waals surface area contributed by atoms with E-state index in [-0.39, 0.29) is 23.7 Å². The molecule has 1 rings (SSSR count). The van der Waals surface area contributed by atoms with Crippen LogP contribution < -0.4 is 16.1 Å². The van der Waals surface area contributed by atoms with Gasteiger partial charge in [0, 0.05) is 11.6 Å². The molecular weight excluding hydrogens is 432 g/mol. The van der Waals surface area contributed by atoms with Gasteiger partial charge < -0.3 is 10.6 Å². The maximum atomic E-state index is 13.5. The number of carbonyl (C=O) groups is 3. The first-order chi connectivity index (χ1) is 15.7. The Labute approximate surface area is 204 Å². The quantitative estimate of drug-likeness (QED) is 0.308. The van der Waals surface area contributed by atoms with Crippen molar-refractivity contribution in [3.05, 3.63) is 47.7 Å². The number of benzene rings is 1.